The molecule has 2 fully saturated rings. The topological polar surface area (TPSA) is 61.4 Å². The highest BCUT2D eigenvalue weighted by atomic mass is 35.5. The maximum atomic E-state index is 12.7. The number of aliphatic hydroxyl groups excluding tert-OH is 1. The van der Waals surface area contributed by atoms with Gasteiger partial charge in [0.25, 0.3) is 5.91 Å². The van der Waals surface area contributed by atoms with Crippen molar-refractivity contribution in [1.29, 1.82) is 0 Å². The van der Waals surface area contributed by atoms with Gasteiger partial charge >= 0.3 is 0 Å². The number of benzene rings is 1. The highest BCUT2D eigenvalue weighted by Gasteiger charge is 2.39. The fraction of sp³-hybridized carbons (Fsp3) is 0.650. The lowest BCUT2D eigenvalue weighted by molar-refractivity contribution is 0.0681. The normalized spacial score (nSPS) is 25.6. The summed E-state index contributed by atoms with van der Waals surface area (Å²) in [7, 11) is 0. The zero-order valence-corrected chi connectivity index (χ0v) is 15.6. The number of rotatable bonds is 7. The molecular formula is C20H29ClN2O2. The van der Waals surface area contributed by atoms with Gasteiger partial charge in [0.1, 0.15) is 0 Å². The van der Waals surface area contributed by atoms with Crippen molar-refractivity contribution < 1.29 is 9.90 Å². The van der Waals surface area contributed by atoms with Crippen LogP contribution in [0.3, 0.4) is 0 Å². The first-order valence-corrected chi connectivity index (χ1v) is 9.88. The summed E-state index contributed by atoms with van der Waals surface area (Å²) in [6.07, 6.45) is 9.08. The lowest BCUT2D eigenvalue weighted by Crippen LogP contribution is -2.43. The number of amides is 1. The molecule has 2 aliphatic rings. The van der Waals surface area contributed by atoms with Crippen molar-refractivity contribution in [2.45, 2.75) is 51.5 Å². The Morgan fingerprint density at radius 3 is 2.76 bits per heavy atom. The predicted octanol–water partition coefficient (Wildman–Crippen LogP) is 3.51. The largest absolute Gasteiger partial charge is 0.395 e. The van der Waals surface area contributed by atoms with Crippen LogP contribution in [0.1, 0.15) is 60.9 Å². The van der Waals surface area contributed by atoms with Crippen LogP contribution in [0.2, 0.25) is 5.02 Å². The molecule has 0 saturated heterocycles. The van der Waals surface area contributed by atoms with Crippen LogP contribution >= 0.6 is 11.6 Å². The molecule has 0 unspecified atom stereocenters. The van der Waals surface area contributed by atoms with Crippen LogP contribution in [0, 0.1) is 11.3 Å². The molecule has 1 amide bonds. The minimum atomic E-state index is -0.0731. The van der Waals surface area contributed by atoms with Gasteiger partial charge in [-0.15, -0.1) is 0 Å². The fourth-order valence-electron chi connectivity index (χ4n) is 4.60. The van der Waals surface area contributed by atoms with E-state index in [1.54, 1.807) is 6.07 Å². The molecule has 1 aromatic rings. The van der Waals surface area contributed by atoms with Crippen LogP contribution < -0.4 is 10.6 Å². The van der Waals surface area contributed by atoms with E-state index in [9.17, 15) is 4.79 Å². The van der Waals surface area contributed by atoms with E-state index in [2.05, 4.69) is 10.6 Å². The number of hydrogen-bond acceptors (Lipinski definition) is 3. The van der Waals surface area contributed by atoms with Gasteiger partial charge in [-0.3, -0.25) is 4.79 Å². The highest BCUT2D eigenvalue weighted by Crippen LogP contribution is 2.48. The summed E-state index contributed by atoms with van der Waals surface area (Å²) in [5, 5.41) is 15.6. The van der Waals surface area contributed by atoms with E-state index in [1.807, 2.05) is 12.1 Å². The van der Waals surface area contributed by atoms with Crippen molar-refractivity contribution in [3.8, 4) is 0 Å². The molecule has 3 rings (SSSR count). The zero-order valence-electron chi connectivity index (χ0n) is 14.8. The number of carbonyl (C=O) groups excluding carboxylic acids is 1. The van der Waals surface area contributed by atoms with Crippen LogP contribution in [0.5, 0.6) is 0 Å². The van der Waals surface area contributed by atoms with Gasteiger partial charge < -0.3 is 15.7 Å². The van der Waals surface area contributed by atoms with Crippen molar-refractivity contribution >= 4 is 17.5 Å². The Hall–Kier alpha value is -1.10. The average Bonchev–Trinajstić information content (AvgIpc) is 2.61. The number of halogens is 1. The Bertz CT molecular complexity index is 595. The molecule has 5 heteroatoms. The number of carbonyl (C=O) groups is 1. The third-order valence-electron chi connectivity index (χ3n) is 5.88. The van der Waals surface area contributed by atoms with Crippen molar-refractivity contribution in [3.63, 3.8) is 0 Å². The summed E-state index contributed by atoms with van der Waals surface area (Å²) >= 11 is 6.26. The van der Waals surface area contributed by atoms with E-state index in [1.165, 1.54) is 44.9 Å². The van der Waals surface area contributed by atoms with E-state index in [-0.39, 0.29) is 12.5 Å². The Labute approximate surface area is 155 Å². The summed E-state index contributed by atoms with van der Waals surface area (Å²) < 4.78 is 0. The number of nitrogens with one attached hydrogen (secondary N) is 2. The van der Waals surface area contributed by atoms with Gasteiger partial charge in [-0.25, -0.2) is 0 Å². The molecule has 2 aliphatic carbocycles. The molecule has 1 aromatic carbocycles. The molecule has 0 radical (unpaired) electrons. The van der Waals surface area contributed by atoms with Gasteiger partial charge in [0.2, 0.25) is 0 Å². The molecule has 25 heavy (non-hydrogen) atoms. The SMILES string of the molecule is O=C(NCC12CCCC(CCC1)C2)c1cc(CNCCO)ccc1Cl. The molecule has 0 aliphatic heterocycles. The standard InChI is InChI=1S/C20H29ClN2O2/c21-18-6-5-16(13-22-9-10-24)11-17(18)19(25)23-14-20-7-1-3-15(12-20)4-2-8-20/h5-6,11,15,22,24H,1-4,7-10,12-14H2,(H,23,25). The zero-order chi connectivity index (χ0) is 17.7. The number of aliphatic hydroxyl groups is 1. The fourth-order valence-corrected chi connectivity index (χ4v) is 4.80. The van der Waals surface area contributed by atoms with Crippen molar-refractivity contribution in [2.24, 2.45) is 11.3 Å². The monoisotopic (exact) mass is 364 g/mol. The lowest BCUT2D eigenvalue weighted by atomic mass is 9.62. The van der Waals surface area contributed by atoms with Gasteiger partial charge in [-0.05, 0) is 48.3 Å². The minimum absolute atomic E-state index is 0.0731. The summed E-state index contributed by atoms with van der Waals surface area (Å²) in [5.41, 5.74) is 1.85. The quantitative estimate of drug-likeness (QED) is 0.649. The van der Waals surface area contributed by atoms with E-state index in [4.69, 9.17) is 16.7 Å². The molecule has 2 saturated carbocycles. The van der Waals surface area contributed by atoms with E-state index in [0.717, 1.165) is 18.0 Å². The first-order chi connectivity index (χ1) is 12.1. The summed E-state index contributed by atoms with van der Waals surface area (Å²) in [5.74, 6) is 0.792. The Balaban J connectivity index is 1.61. The third-order valence-corrected chi connectivity index (χ3v) is 6.21. The van der Waals surface area contributed by atoms with Crippen LogP contribution in [0.15, 0.2) is 18.2 Å². The molecule has 0 spiro atoms. The van der Waals surface area contributed by atoms with Gasteiger partial charge in [0, 0.05) is 19.6 Å². The maximum absolute atomic E-state index is 12.7. The number of hydrogen-bond donors (Lipinski definition) is 3. The van der Waals surface area contributed by atoms with Crippen LogP contribution in [-0.2, 0) is 6.54 Å². The molecule has 3 N–H and O–H groups in total. The van der Waals surface area contributed by atoms with Crippen LogP contribution in [0.4, 0.5) is 0 Å². The summed E-state index contributed by atoms with van der Waals surface area (Å²) in [6.45, 7) is 2.02. The molecule has 0 atom stereocenters. The third kappa shape index (κ3) is 4.75. The van der Waals surface area contributed by atoms with E-state index >= 15 is 0 Å². The first-order valence-electron chi connectivity index (χ1n) is 9.50. The molecule has 0 aromatic heterocycles. The molecular weight excluding hydrogens is 336 g/mol. The average molecular weight is 365 g/mol. The molecule has 0 heterocycles. The first kappa shape index (κ1) is 18.7. The second-order valence-corrected chi connectivity index (χ2v) is 8.16. The predicted molar refractivity (Wildman–Crippen MR) is 101 cm³/mol. The van der Waals surface area contributed by atoms with Gasteiger partial charge in [0.15, 0.2) is 0 Å². The van der Waals surface area contributed by atoms with Crippen LogP contribution in [0.25, 0.3) is 0 Å². The van der Waals surface area contributed by atoms with E-state index < -0.39 is 0 Å². The Kier molecular flexibility index (Phi) is 6.37. The second-order valence-electron chi connectivity index (χ2n) is 7.75. The van der Waals surface area contributed by atoms with Gasteiger partial charge in [-0.2, -0.15) is 0 Å². The van der Waals surface area contributed by atoms with Gasteiger partial charge in [0.05, 0.1) is 17.2 Å². The lowest BCUT2D eigenvalue weighted by Gasteiger charge is -2.45. The number of fused-ring (bicyclic) bond motifs is 2. The Morgan fingerprint density at radius 2 is 2.04 bits per heavy atom. The second kappa shape index (κ2) is 8.52. The molecule has 4 nitrogen and oxygen atoms in total. The van der Waals surface area contributed by atoms with Crippen LogP contribution in [-0.4, -0.2) is 30.7 Å². The summed E-state index contributed by atoms with van der Waals surface area (Å²) in [6, 6.07) is 5.54. The van der Waals surface area contributed by atoms with Crippen molar-refractivity contribution in [2.75, 3.05) is 19.7 Å². The maximum Gasteiger partial charge on any atom is 0.252 e. The smallest absolute Gasteiger partial charge is 0.252 e. The molecule has 138 valence electrons. The molecule has 2 bridgehead atoms. The minimum Gasteiger partial charge on any atom is -0.395 e. The Morgan fingerprint density at radius 1 is 1.28 bits per heavy atom. The van der Waals surface area contributed by atoms with Crippen molar-refractivity contribution in [1.82, 2.24) is 10.6 Å². The van der Waals surface area contributed by atoms with Gasteiger partial charge in [-0.1, -0.05) is 43.4 Å². The van der Waals surface area contributed by atoms with E-state index in [0.29, 0.717) is 29.1 Å². The summed E-state index contributed by atoms with van der Waals surface area (Å²) in [4.78, 5) is 12.7. The van der Waals surface area contributed by atoms with Crippen molar-refractivity contribution in [3.05, 3.63) is 34.3 Å². The highest BCUT2D eigenvalue weighted by molar-refractivity contribution is 6.33.